The fourth-order valence-electron chi connectivity index (χ4n) is 4.71. The molecule has 0 spiro atoms. The molecule has 3 N–H and O–H groups in total. The second-order valence-electron chi connectivity index (χ2n) is 8.90. The second-order valence-corrected chi connectivity index (χ2v) is 8.90. The van der Waals surface area contributed by atoms with Crippen LogP contribution in [-0.2, 0) is 0 Å². The first-order valence-corrected chi connectivity index (χ1v) is 11.2. The van der Waals surface area contributed by atoms with Crippen molar-refractivity contribution in [2.24, 2.45) is 0 Å². The van der Waals surface area contributed by atoms with Gasteiger partial charge in [-0.3, -0.25) is 0 Å². The summed E-state index contributed by atoms with van der Waals surface area (Å²) in [4.78, 5) is 7.34. The lowest BCUT2D eigenvalue weighted by atomic mass is 10.0. The number of benzene rings is 1. The molecule has 5 nitrogen and oxygen atoms in total. The van der Waals surface area contributed by atoms with E-state index >= 15 is 0 Å². The van der Waals surface area contributed by atoms with Crippen LogP contribution in [0.2, 0.25) is 0 Å². The molecular weight excluding hydrogens is 370 g/mol. The van der Waals surface area contributed by atoms with Crippen molar-refractivity contribution in [2.45, 2.75) is 64.5 Å². The Hall–Kier alpha value is -2.53. The number of rotatable bonds is 6. The summed E-state index contributed by atoms with van der Waals surface area (Å²) in [6.45, 7) is 5.73. The number of anilines is 1. The van der Waals surface area contributed by atoms with E-state index in [1.165, 1.54) is 31.2 Å². The van der Waals surface area contributed by atoms with Crippen molar-refractivity contribution in [2.75, 3.05) is 18.0 Å². The number of nitrogens with one attached hydrogen (secondary N) is 3. The van der Waals surface area contributed by atoms with Gasteiger partial charge in [0.05, 0.1) is 11.2 Å². The van der Waals surface area contributed by atoms with Crippen LogP contribution in [0, 0.1) is 17.7 Å². The van der Waals surface area contributed by atoms with Crippen molar-refractivity contribution in [3.05, 3.63) is 47.5 Å². The zero-order valence-electron chi connectivity index (χ0n) is 18.2. The Bertz CT molecular complexity index is 963. The fourth-order valence-corrected chi connectivity index (χ4v) is 4.71. The number of piperidine rings is 1. The average molecular weight is 404 g/mol. The minimum absolute atomic E-state index is 0.415. The standard InChI is InChI=1S/C25H33N5/c1-17-7-10-24-19(15-17)16-22(23(27)9-8-18(2)26)25(29-24)30-13-11-21(12-14-30)28-20-5-3-4-6-20/h7-10,15-16,20-21,26-28H,3-6,11-14H2,1-2H3/b9-8-,26-18?,27-23?. The first kappa shape index (κ1) is 20.7. The molecule has 0 unspecified atom stereocenters. The molecular formula is C25H33N5. The SMILES string of the molecule is CC(=N)/C=C\C(=N)c1cc2cc(C)ccc2nc1N1CCC(NC2CCCC2)CC1. The quantitative estimate of drug-likeness (QED) is 0.594. The van der Waals surface area contributed by atoms with Crippen molar-refractivity contribution >= 4 is 28.1 Å². The molecule has 2 aromatic rings. The van der Waals surface area contributed by atoms with Crippen LogP contribution in [0.4, 0.5) is 5.82 Å². The molecule has 0 radical (unpaired) electrons. The van der Waals surface area contributed by atoms with Crippen molar-refractivity contribution in [3.8, 4) is 0 Å². The zero-order chi connectivity index (χ0) is 21.1. The topological polar surface area (TPSA) is 75.9 Å². The molecule has 1 saturated heterocycles. The van der Waals surface area contributed by atoms with Crippen LogP contribution < -0.4 is 10.2 Å². The summed E-state index contributed by atoms with van der Waals surface area (Å²) in [5.41, 5.74) is 3.89. The van der Waals surface area contributed by atoms with Crippen molar-refractivity contribution in [1.29, 1.82) is 10.8 Å². The monoisotopic (exact) mass is 403 g/mol. The van der Waals surface area contributed by atoms with E-state index < -0.39 is 0 Å². The Morgan fingerprint density at radius 1 is 1.03 bits per heavy atom. The molecule has 1 aromatic heterocycles. The number of hydrogen-bond acceptors (Lipinski definition) is 5. The van der Waals surface area contributed by atoms with Crippen LogP contribution in [0.15, 0.2) is 36.4 Å². The van der Waals surface area contributed by atoms with Crippen LogP contribution >= 0.6 is 0 Å². The van der Waals surface area contributed by atoms with Gasteiger partial charge in [0.2, 0.25) is 0 Å². The summed E-state index contributed by atoms with van der Waals surface area (Å²) < 4.78 is 0. The molecule has 158 valence electrons. The van der Waals surface area contributed by atoms with Crippen LogP contribution in [0.5, 0.6) is 0 Å². The van der Waals surface area contributed by atoms with Crippen molar-refractivity contribution in [3.63, 3.8) is 0 Å². The summed E-state index contributed by atoms with van der Waals surface area (Å²) in [6, 6.07) is 9.71. The van der Waals surface area contributed by atoms with E-state index in [2.05, 4.69) is 41.4 Å². The molecule has 1 aromatic carbocycles. The maximum atomic E-state index is 8.64. The predicted molar refractivity (Wildman–Crippen MR) is 126 cm³/mol. The van der Waals surface area contributed by atoms with Gasteiger partial charge in [0.25, 0.3) is 0 Å². The van der Waals surface area contributed by atoms with Crippen molar-refractivity contribution in [1.82, 2.24) is 10.3 Å². The lowest BCUT2D eigenvalue weighted by Crippen LogP contribution is -2.46. The van der Waals surface area contributed by atoms with Gasteiger partial charge in [-0.15, -0.1) is 0 Å². The minimum Gasteiger partial charge on any atom is -0.356 e. The highest BCUT2D eigenvalue weighted by atomic mass is 15.2. The van der Waals surface area contributed by atoms with E-state index in [0.29, 0.717) is 23.5 Å². The van der Waals surface area contributed by atoms with E-state index in [4.69, 9.17) is 15.8 Å². The first-order valence-electron chi connectivity index (χ1n) is 11.2. The van der Waals surface area contributed by atoms with Gasteiger partial charge in [-0.2, -0.15) is 0 Å². The number of hydrogen-bond donors (Lipinski definition) is 3. The number of fused-ring (bicyclic) bond motifs is 1. The van der Waals surface area contributed by atoms with E-state index in [0.717, 1.165) is 48.2 Å². The molecule has 4 rings (SSSR count). The Morgan fingerprint density at radius 3 is 2.43 bits per heavy atom. The highest BCUT2D eigenvalue weighted by molar-refractivity contribution is 6.13. The summed E-state index contributed by atoms with van der Waals surface area (Å²) in [5, 5.41) is 21.2. The lowest BCUT2D eigenvalue weighted by molar-refractivity contribution is 0.367. The largest absolute Gasteiger partial charge is 0.356 e. The van der Waals surface area contributed by atoms with Crippen LogP contribution in [0.1, 0.15) is 56.6 Å². The lowest BCUT2D eigenvalue weighted by Gasteiger charge is -2.35. The molecule has 1 saturated carbocycles. The number of aryl methyl sites for hydroxylation is 1. The third kappa shape index (κ3) is 4.78. The third-order valence-corrected chi connectivity index (χ3v) is 6.36. The predicted octanol–water partition coefficient (Wildman–Crippen LogP) is 5.01. The number of aromatic nitrogens is 1. The van der Waals surface area contributed by atoms with Crippen LogP contribution in [0.25, 0.3) is 10.9 Å². The maximum absolute atomic E-state index is 8.64. The molecule has 0 atom stereocenters. The van der Waals surface area contributed by atoms with E-state index in [9.17, 15) is 0 Å². The van der Waals surface area contributed by atoms with Crippen molar-refractivity contribution < 1.29 is 0 Å². The molecule has 1 aliphatic carbocycles. The number of nitrogens with zero attached hydrogens (tertiary/aromatic N) is 2. The number of allylic oxidation sites excluding steroid dienone is 2. The molecule has 0 bridgehead atoms. The van der Waals surface area contributed by atoms with Gasteiger partial charge >= 0.3 is 0 Å². The van der Waals surface area contributed by atoms with Gasteiger partial charge in [-0.25, -0.2) is 4.98 Å². The highest BCUT2D eigenvalue weighted by Gasteiger charge is 2.26. The Morgan fingerprint density at radius 2 is 1.73 bits per heavy atom. The van der Waals surface area contributed by atoms with E-state index in [-0.39, 0.29) is 0 Å². The van der Waals surface area contributed by atoms with Crippen LogP contribution in [-0.4, -0.2) is 41.6 Å². The summed E-state index contributed by atoms with van der Waals surface area (Å²) in [7, 11) is 0. The van der Waals surface area contributed by atoms with Crippen LogP contribution in [0.3, 0.4) is 0 Å². The highest BCUT2D eigenvalue weighted by Crippen LogP contribution is 2.28. The first-order chi connectivity index (χ1) is 14.5. The Labute approximate surface area is 179 Å². The summed E-state index contributed by atoms with van der Waals surface area (Å²) in [6.07, 6.45) is 11.0. The minimum atomic E-state index is 0.415. The van der Waals surface area contributed by atoms with Gasteiger partial charge < -0.3 is 21.0 Å². The number of pyridine rings is 1. The molecule has 5 heteroatoms. The zero-order valence-corrected chi connectivity index (χ0v) is 18.2. The molecule has 1 aliphatic heterocycles. The van der Waals surface area contributed by atoms with Gasteiger partial charge in [-0.1, -0.05) is 24.5 Å². The summed E-state index contributed by atoms with van der Waals surface area (Å²) >= 11 is 0. The molecule has 2 heterocycles. The van der Waals surface area contributed by atoms with Gasteiger partial charge in [0.15, 0.2) is 0 Å². The molecule has 2 aliphatic rings. The molecule has 0 amide bonds. The molecule has 2 fully saturated rings. The van der Waals surface area contributed by atoms with Gasteiger partial charge in [0, 0.05) is 41.8 Å². The third-order valence-electron chi connectivity index (χ3n) is 6.36. The van der Waals surface area contributed by atoms with E-state index in [1.807, 2.05) is 0 Å². The van der Waals surface area contributed by atoms with Gasteiger partial charge in [0.1, 0.15) is 5.82 Å². The smallest absolute Gasteiger partial charge is 0.138 e. The average Bonchev–Trinajstić information content (AvgIpc) is 3.24. The maximum Gasteiger partial charge on any atom is 0.138 e. The second kappa shape index (κ2) is 9.09. The Balaban J connectivity index is 1.58. The fraction of sp³-hybridized carbons (Fsp3) is 0.480. The summed E-state index contributed by atoms with van der Waals surface area (Å²) in [5.74, 6) is 0.906. The van der Waals surface area contributed by atoms with Gasteiger partial charge in [-0.05, 0) is 69.9 Å². The van der Waals surface area contributed by atoms with E-state index in [1.54, 1.807) is 19.1 Å². The molecule has 30 heavy (non-hydrogen) atoms. The Kier molecular flexibility index (Phi) is 6.28. The normalized spacial score (nSPS) is 18.5.